The van der Waals surface area contributed by atoms with Crippen molar-refractivity contribution in [2.75, 3.05) is 5.32 Å². The number of nitrogens with one attached hydrogen (secondary N) is 1. The number of rotatable bonds is 3. The molecule has 3 nitrogen and oxygen atoms in total. The van der Waals surface area contributed by atoms with Gasteiger partial charge in [-0.3, -0.25) is 4.79 Å². The molecule has 0 atom stereocenters. The van der Waals surface area contributed by atoms with Gasteiger partial charge in [0.15, 0.2) is 5.76 Å². The minimum Gasteiger partial charge on any atom is -0.451 e. The van der Waals surface area contributed by atoms with E-state index in [1.54, 1.807) is 30.3 Å². The van der Waals surface area contributed by atoms with Crippen LogP contribution in [0.4, 0.5) is 10.1 Å². The van der Waals surface area contributed by atoms with E-state index in [9.17, 15) is 9.18 Å². The Kier molecular flexibility index (Phi) is 5.12. The van der Waals surface area contributed by atoms with Gasteiger partial charge >= 0.3 is 0 Å². The van der Waals surface area contributed by atoms with Crippen LogP contribution >= 0.6 is 45.8 Å². The highest BCUT2D eigenvalue weighted by Crippen LogP contribution is 2.30. The minimum absolute atomic E-state index is 0.0639. The van der Waals surface area contributed by atoms with Crippen LogP contribution in [-0.2, 0) is 0 Å². The second-order valence-corrected chi connectivity index (χ2v) is 6.93. The molecular formula is C17H9Cl2FINO2. The van der Waals surface area contributed by atoms with Crippen LogP contribution in [0.25, 0.3) is 11.3 Å². The first kappa shape index (κ1) is 17.3. The molecule has 122 valence electrons. The van der Waals surface area contributed by atoms with Gasteiger partial charge in [0.05, 0.1) is 15.7 Å². The molecular weight excluding hydrogens is 467 g/mol. The summed E-state index contributed by atoms with van der Waals surface area (Å²) in [4.78, 5) is 12.2. The summed E-state index contributed by atoms with van der Waals surface area (Å²) in [5.41, 5.74) is 0.775. The molecule has 24 heavy (non-hydrogen) atoms. The molecule has 1 amide bonds. The Morgan fingerprint density at radius 3 is 2.54 bits per heavy atom. The average Bonchev–Trinajstić information content (AvgIpc) is 3.03. The number of halogens is 4. The van der Waals surface area contributed by atoms with Crippen molar-refractivity contribution < 1.29 is 13.6 Å². The van der Waals surface area contributed by atoms with E-state index in [4.69, 9.17) is 27.6 Å². The van der Waals surface area contributed by atoms with E-state index in [2.05, 4.69) is 5.32 Å². The predicted molar refractivity (Wildman–Crippen MR) is 101 cm³/mol. The van der Waals surface area contributed by atoms with E-state index in [1.165, 1.54) is 18.2 Å². The number of benzene rings is 2. The molecule has 0 aliphatic heterocycles. The van der Waals surface area contributed by atoms with Gasteiger partial charge in [0, 0.05) is 9.13 Å². The lowest BCUT2D eigenvalue weighted by Crippen LogP contribution is -2.12. The van der Waals surface area contributed by atoms with E-state index in [0.717, 1.165) is 3.57 Å². The maximum Gasteiger partial charge on any atom is 0.291 e. The van der Waals surface area contributed by atoms with Crippen molar-refractivity contribution in [3.63, 3.8) is 0 Å². The molecule has 0 saturated carbocycles. The summed E-state index contributed by atoms with van der Waals surface area (Å²) in [6.45, 7) is 0. The molecule has 0 spiro atoms. The van der Waals surface area contributed by atoms with Gasteiger partial charge in [0.25, 0.3) is 5.91 Å². The third-order valence-corrected chi connectivity index (χ3v) is 4.62. The third kappa shape index (κ3) is 3.74. The first-order chi connectivity index (χ1) is 11.4. The Labute approximate surface area is 160 Å². The number of hydrogen-bond acceptors (Lipinski definition) is 2. The predicted octanol–water partition coefficient (Wildman–Crippen LogP) is 6.25. The van der Waals surface area contributed by atoms with Crippen LogP contribution < -0.4 is 5.32 Å². The van der Waals surface area contributed by atoms with Gasteiger partial charge in [-0.2, -0.15) is 0 Å². The fourth-order valence-electron chi connectivity index (χ4n) is 2.04. The summed E-state index contributed by atoms with van der Waals surface area (Å²) >= 11 is 13.8. The Bertz CT molecular complexity index is 927. The second kappa shape index (κ2) is 7.13. The van der Waals surface area contributed by atoms with Gasteiger partial charge in [-0.05, 0) is 71.1 Å². The molecule has 0 aliphatic carbocycles. The summed E-state index contributed by atoms with van der Waals surface area (Å²) in [7, 11) is 0. The zero-order valence-corrected chi connectivity index (χ0v) is 15.6. The molecule has 0 unspecified atom stereocenters. The van der Waals surface area contributed by atoms with Crippen LogP contribution in [0.3, 0.4) is 0 Å². The molecule has 0 fully saturated rings. The summed E-state index contributed by atoms with van der Waals surface area (Å²) < 4.78 is 20.1. The largest absolute Gasteiger partial charge is 0.451 e. The molecule has 0 aliphatic rings. The number of anilines is 1. The quantitative estimate of drug-likeness (QED) is 0.455. The minimum atomic E-state index is -0.540. The maximum absolute atomic E-state index is 13.8. The van der Waals surface area contributed by atoms with Crippen molar-refractivity contribution in [2.24, 2.45) is 0 Å². The van der Waals surface area contributed by atoms with Crippen LogP contribution in [0.5, 0.6) is 0 Å². The fraction of sp³-hybridized carbons (Fsp3) is 0. The van der Waals surface area contributed by atoms with E-state index in [1.807, 2.05) is 22.6 Å². The third-order valence-electron chi connectivity index (χ3n) is 3.21. The zero-order chi connectivity index (χ0) is 17.3. The topological polar surface area (TPSA) is 42.2 Å². The maximum atomic E-state index is 13.8. The number of amides is 1. The SMILES string of the molecule is O=C(Nc1ccc(I)cc1F)c1ccc(-c2ccc(Cl)c(Cl)c2)o1. The summed E-state index contributed by atoms with van der Waals surface area (Å²) in [6, 6.07) is 12.7. The van der Waals surface area contributed by atoms with E-state index in [0.29, 0.717) is 21.4 Å². The second-order valence-electron chi connectivity index (χ2n) is 4.87. The lowest BCUT2D eigenvalue weighted by molar-refractivity contribution is 0.0997. The molecule has 3 aromatic rings. The number of carbonyl (C=O) groups is 1. The Hall–Kier alpha value is -1.57. The van der Waals surface area contributed by atoms with Crippen LogP contribution in [0, 0.1) is 9.39 Å². The van der Waals surface area contributed by atoms with Gasteiger partial charge in [0.1, 0.15) is 11.6 Å². The molecule has 0 saturated heterocycles. The standard InChI is InChI=1S/C17H9Cl2FINO2/c18-11-3-1-9(7-12(11)19)15-5-6-16(24-15)17(23)22-14-4-2-10(21)8-13(14)20/h1-8H,(H,22,23). The monoisotopic (exact) mass is 475 g/mol. The molecule has 0 radical (unpaired) electrons. The van der Waals surface area contributed by atoms with Crippen LogP contribution in [-0.4, -0.2) is 5.91 Å². The number of furan rings is 1. The smallest absolute Gasteiger partial charge is 0.291 e. The molecule has 1 heterocycles. The van der Waals surface area contributed by atoms with E-state index < -0.39 is 11.7 Å². The van der Waals surface area contributed by atoms with Crippen molar-refractivity contribution in [3.05, 3.63) is 73.7 Å². The molecule has 0 bridgehead atoms. The fourth-order valence-corrected chi connectivity index (χ4v) is 2.79. The van der Waals surface area contributed by atoms with Crippen LogP contribution in [0.2, 0.25) is 10.0 Å². The van der Waals surface area contributed by atoms with Gasteiger partial charge < -0.3 is 9.73 Å². The molecule has 1 N–H and O–H groups in total. The van der Waals surface area contributed by atoms with Gasteiger partial charge in [-0.1, -0.05) is 23.2 Å². The Morgan fingerprint density at radius 1 is 1.04 bits per heavy atom. The molecule has 2 aromatic carbocycles. The highest BCUT2D eigenvalue weighted by Gasteiger charge is 2.15. The van der Waals surface area contributed by atoms with Crippen LogP contribution in [0.1, 0.15) is 10.6 Å². The summed E-state index contributed by atoms with van der Waals surface area (Å²) in [5.74, 6) is -0.524. The van der Waals surface area contributed by atoms with E-state index in [-0.39, 0.29) is 11.4 Å². The van der Waals surface area contributed by atoms with E-state index >= 15 is 0 Å². The molecule has 7 heteroatoms. The van der Waals surface area contributed by atoms with Crippen molar-refractivity contribution >= 4 is 57.4 Å². The normalized spacial score (nSPS) is 10.7. The van der Waals surface area contributed by atoms with Crippen LogP contribution in [0.15, 0.2) is 52.9 Å². The molecule has 1 aromatic heterocycles. The average molecular weight is 476 g/mol. The highest BCUT2D eigenvalue weighted by molar-refractivity contribution is 14.1. The lowest BCUT2D eigenvalue weighted by atomic mass is 10.2. The Morgan fingerprint density at radius 2 is 1.83 bits per heavy atom. The van der Waals surface area contributed by atoms with Gasteiger partial charge in [-0.15, -0.1) is 0 Å². The van der Waals surface area contributed by atoms with Crippen molar-refractivity contribution in [1.82, 2.24) is 0 Å². The zero-order valence-electron chi connectivity index (χ0n) is 11.9. The van der Waals surface area contributed by atoms with Gasteiger partial charge in [-0.25, -0.2) is 4.39 Å². The first-order valence-corrected chi connectivity index (χ1v) is 8.59. The number of carbonyl (C=O) groups excluding carboxylic acids is 1. The first-order valence-electron chi connectivity index (χ1n) is 6.76. The van der Waals surface area contributed by atoms with Gasteiger partial charge in [0.2, 0.25) is 0 Å². The highest BCUT2D eigenvalue weighted by atomic mass is 127. The summed E-state index contributed by atoms with van der Waals surface area (Å²) in [6.07, 6.45) is 0. The van der Waals surface area contributed by atoms with Crippen molar-refractivity contribution in [3.8, 4) is 11.3 Å². The van der Waals surface area contributed by atoms with Crippen molar-refractivity contribution in [2.45, 2.75) is 0 Å². The Balaban J connectivity index is 1.82. The lowest BCUT2D eigenvalue weighted by Gasteiger charge is -2.05. The molecule has 3 rings (SSSR count). The van der Waals surface area contributed by atoms with Crippen molar-refractivity contribution in [1.29, 1.82) is 0 Å². The summed E-state index contributed by atoms with van der Waals surface area (Å²) in [5, 5.41) is 3.30. The number of hydrogen-bond donors (Lipinski definition) is 1.